The molecule has 1 aromatic heterocycles. The number of nitrogens with zero attached hydrogens (tertiary/aromatic N) is 4. The molecule has 0 bridgehead atoms. The van der Waals surface area contributed by atoms with E-state index in [-0.39, 0.29) is 6.04 Å². The minimum Gasteiger partial charge on any atom is -0.298 e. The Bertz CT molecular complexity index is 438. The lowest BCUT2D eigenvalue weighted by Crippen LogP contribution is -2.20. The minimum absolute atomic E-state index is 0.295. The number of nitrogens with one attached hydrogen (secondary N) is 1. The van der Waals surface area contributed by atoms with Crippen LogP contribution in [0.3, 0.4) is 0 Å². The van der Waals surface area contributed by atoms with E-state index in [4.69, 9.17) is 10.8 Å². The van der Waals surface area contributed by atoms with Gasteiger partial charge in [-0.25, -0.2) is 0 Å². The molecule has 0 radical (unpaired) electrons. The van der Waals surface area contributed by atoms with Gasteiger partial charge in [-0.05, 0) is 47.4 Å². The topological polar surface area (TPSA) is 84.6 Å². The molecule has 1 N–H and O–H groups in total. The fourth-order valence-electron chi connectivity index (χ4n) is 1.27. The molecular weight excluding hydrogens is 302 g/mol. The van der Waals surface area contributed by atoms with Crippen molar-refractivity contribution in [3.63, 3.8) is 0 Å². The maximum atomic E-state index is 9.08. The summed E-state index contributed by atoms with van der Waals surface area (Å²) in [4.78, 5) is 4.84. The molecule has 0 spiro atoms. The lowest BCUT2D eigenvalue weighted by molar-refractivity contribution is 0.613. The van der Waals surface area contributed by atoms with Crippen molar-refractivity contribution in [2.75, 3.05) is 13.1 Å². The van der Waals surface area contributed by atoms with Crippen molar-refractivity contribution in [1.82, 2.24) is 5.32 Å². The number of hydrogen-bond acceptors (Lipinski definition) is 4. The fraction of sp³-hybridized carbons (Fsp3) is 0.500. The zero-order valence-electron chi connectivity index (χ0n) is 9.35. The third-order valence-electron chi connectivity index (χ3n) is 2.14. The summed E-state index contributed by atoms with van der Waals surface area (Å²) in [5.74, 6) is 0. The van der Waals surface area contributed by atoms with E-state index in [1.807, 2.05) is 13.0 Å². The summed E-state index contributed by atoms with van der Waals surface area (Å²) in [7, 11) is 0. The molecule has 1 rings (SSSR count). The molecule has 0 fully saturated rings. The molecule has 1 unspecified atom stereocenters. The lowest BCUT2D eigenvalue weighted by Gasteiger charge is -2.08. The second-order valence-electron chi connectivity index (χ2n) is 3.38. The van der Waals surface area contributed by atoms with Gasteiger partial charge < -0.3 is 0 Å². The number of nitriles is 1. The van der Waals surface area contributed by atoms with Gasteiger partial charge in [0.25, 0.3) is 0 Å². The van der Waals surface area contributed by atoms with Crippen LogP contribution in [0.5, 0.6) is 0 Å². The predicted molar refractivity (Wildman–Crippen MR) is 71.7 cm³/mol. The third-order valence-corrected chi connectivity index (χ3v) is 4.34. The third kappa shape index (κ3) is 4.36. The molecule has 0 aromatic carbocycles. The van der Waals surface area contributed by atoms with Gasteiger partial charge in [-0.15, -0.1) is 11.3 Å². The van der Waals surface area contributed by atoms with Crippen LogP contribution in [-0.4, -0.2) is 13.1 Å². The second kappa shape index (κ2) is 7.30. The Morgan fingerprint density at radius 1 is 1.76 bits per heavy atom. The van der Waals surface area contributed by atoms with Crippen molar-refractivity contribution in [3.8, 4) is 6.07 Å². The Hall–Kier alpha value is -1.06. The predicted octanol–water partition coefficient (Wildman–Crippen LogP) is 3.67. The van der Waals surface area contributed by atoms with Crippen LogP contribution < -0.4 is 5.32 Å². The molecule has 0 amide bonds. The van der Waals surface area contributed by atoms with Crippen LogP contribution in [0.15, 0.2) is 15.7 Å². The van der Waals surface area contributed by atoms with Gasteiger partial charge in [0.1, 0.15) is 6.04 Å². The molecule has 5 nitrogen and oxygen atoms in total. The van der Waals surface area contributed by atoms with Crippen LogP contribution in [0.2, 0.25) is 0 Å². The van der Waals surface area contributed by atoms with Crippen molar-refractivity contribution >= 4 is 27.3 Å². The molecule has 0 aliphatic carbocycles. The summed E-state index contributed by atoms with van der Waals surface area (Å²) >= 11 is 5.04. The smallest absolute Gasteiger partial charge is 0.130 e. The second-order valence-corrected chi connectivity index (χ2v) is 5.52. The van der Waals surface area contributed by atoms with Gasteiger partial charge in [0.15, 0.2) is 0 Å². The summed E-state index contributed by atoms with van der Waals surface area (Å²) in [6, 6.07) is 3.90. The Labute approximate surface area is 112 Å². The first-order valence-electron chi connectivity index (χ1n) is 5.08. The van der Waals surface area contributed by atoms with E-state index >= 15 is 0 Å². The molecule has 0 aliphatic rings. The van der Waals surface area contributed by atoms with Crippen LogP contribution >= 0.6 is 27.3 Å². The van der Waals surface area contributed by atoms with Crippen molar-refractivity contribution < 1.29 is 0 Å². The van der Waals surface area contributed by atoms with Gasteiger partial charge in [-0.1, -0.05) is 5.11 Å². The first-order chi connectivity index (χ1) is 8.19. The van der Waals surface area contributed by atoms with Crippen molar-refractivity contribution in [1.29, 1.82) is 5.26 Å². The maximum absolute atomic E-state index is 9.08. The molecule has 0 aliphatic heterocycles. The monoisotopic (exact) mass is 313 g/mol. The molecule has 1 heterocycles. The minimum atomic E-state index is -0.295. The van der Waals surface area contributed by atoms with E-state index in [1.54, 1.807) is 11.3 Å². The first-order valence-corrected chi connectivity index (χ1v) is 6.69. The van der Waals surface area contributed by atoms with E-state index in [9.17, 15) is 0 Å². The van der Waals surface area contributed by atoms with Crippen molar-refractivity contribution in [2.45, 2.75) is 19.4 Å². The molecule has 0 saturated carbocycles. The summed E-state index contributed by atoms with van der Waals surface area (Å²) in [6.45, 7) is 3.12. The largest absolute Gasteiger partial charge is 0.298 e. The molecule has 7 heteroatoms. The highest BCUT2D eigenvalue weighted by Gasteiger charge is 2.13. The highest BCUT2D eigenvalue weighted by atomic mass is 79.9. The Balaban J connectivity index is 2.49. The number of rotatable bonds is 6. The van der Waals surface area contributed by atoms with Crippen LogP contribution in [0.25, 0.3) is 10.4 Å². The van der Waals surface area contributed by atoms with Crippen LogP contribution in [0.4, 0.5) is 0 Å². The molecule has 90 valence electrons. The average Bonchev–Trinajstić information content (AvgIpc) is 2.64. The Morgan fingerprint density at radius 2 is 2.53 bits per heavy atom. The van der Waals surface area contributed by atoms with E-state index < -0.39 is 0 Å². The highest BCUT2D eigenvalue weighted by Crippen LogP contribution is 2.30. The van der Waals surface area contributed by atoms with Crippen molar-refractivity contribution in [3.05, 3.63) is 30.7 Å². The van der Waals surface area contributed by atoms with Gasteiger partial charge in [0, 0.05) is 25.7 Å². The molecule has 17 heavy (non-hydrogen) atoms. The SMILES string of the molecule is Cc1sc(C(C#N)NCCCN=[N+]=[N-])cc1Br. The molecule has 0 saturated heterocycles. The zero-order valence-corrected chi connectivity index (χ0v) is 11.8. The van der Waals surface area contributed by atoms with E-state index in [2.05, 4.69) is 37.3 Å². The highest BCUT2D eigenvalue weighted by molar-refractivity contribution is 9.10. The van der Waals surface area contributed by atoms with E-state index in [1.165, 1.54) is 0 Å². The standard InChI is InChI=1S/C10H12BrN5S/c1-7-8(11)5-10(17-7)9(6-12)14-3-2-4-15-16-13/h5,9,14H,2-4H2,1H3. The Morgan fingerprint density at radius 3 is 3.06 bits per heavy atom. The molecule has 1 atom stereocenters. The number of azide groups is 1. The van der Waals surface area contributed by atoms with E-state index in [0.717, 1.165) is 20.6 Å². The Kier molecular flexibility index (Phi) is 6.01. The first kappa shape index (κ1) is 14.0. The van der Waals surface area contributed by atoms with Crippen LogP contribution in [0.1, 0.15) is 22.2 Å². The van der Waals surface area contributed by atoms with Gasteiger partial charge in [0.05, 0.1) is 6.07 Å². The number of halogens is 1. The van der Waals surface area contributed by atoms with Gasteiger partial charge in [-0.2, -0.15) is 5.26 Å². The lowest BCUT2D eigenvalue weighted by atomic mass is 10.2. The van der Waals surface area contributed by atoms with Gasteiger partial charge in [-0.3, -0.25) is 5.32 Å². The van der Waals surface area contributed by atoms with E-state index in [0.29, 0.717) is 13.1 Å². The fourth-order valence-corrected chi connectivity index (χ4v) is 2.86. The summed E-state index contributed by atoms with van der Waals surface area (Å²) in [5.41, 5.74) is 8.11. The van der Waals surface area contributed by atoms with Gasteiger partial charge >= 0.3 is 0 Å². The zero-order chi connectivity index (χ0) is 12.7. The molecular formula is C10H12BrN5S. The maximum Gasteiger partial charge on any atom is 0.130 e. The summed E-state index contributed by atoms with van der Waals surface area (Å²) < 4.78 is 1.04. The van der Waals surface area contributed by atoms with Crippen LogP contribution in [0, 0.1) is 18.3 Å². The number of thiophene rings is 1. The molecule has 1 aromatic rings. The normalized spacial score (nSPS) is 11.6. The van der Waals surface area contributed by atoms with Crippen LogP contribution in [-0.2, 0) is 0 Å². The summed E-state index contributed by atoms with van der Waals surface area (Å²) in [5, 5.41) is 15.6. The van der Waals surface area contributed by atoms with Gasteiger partial charge in [0.2, 0.25) is 0 Å². The summed E-state index contributed by atoms with van der Waals surface area (Å²) in [6.07, 6.45) is 0.730. The average molecular weight is 314 g/mol. The number of hydrogen-bond donors (Lipinski definition) is 1. The number of aryl methyl sites for hydroxylation is 1. The van der Waals surface area contributed by atoms with Crippen molar-refractivity contribution in [2.24, 2.45) is 5.11 Å². The quantitative estimate of drug-likeness (QED) is 0.376.